The van der Waals surface area contributed by atoms with Crippen molar-refractivity contribution in [1.29, 1.82) is 0 Å². The van der Waals surface area contributed by atoms with Gasteiger partial charge in [-0.25, -0.2) is 0 Å². The summed E-state index contributed by atoms with van der Waals surface area (Å²) in [6.07, 6.45) is 14.0. The molecule has 0 heterocycles. The molecule has 0 fully saturated rings. The molecule has 1 aliphatic rings. The van der Waals surface area contributed by atoms with Gasteiger partial charge < -0.3 is 34.4 Å². The molecule has 12 N–H and O–H groups in total. The molecular formula is C11H24N6S3. The quantitative estimate of drug-likeness (QED) is 0.269. The van der Waals surface area contributed by atoms with Gasteiger partial charge in [-0.3, -0.25) is 0 Å². The minimum Gasteiger partial charge on any atom is -0.377 e. The lowest BCUT2D eigenvalue weighted by Crippen LogP contribution is -2.18. The lowest BCUT2D eigenvalue weighted by Gasteiger charge is -1.92. The van der Waals surface area contributed by atoms with Crippen LogP contribution in [-0.4, -0.2) is 15.3 Å². The van der Waals surface area contributed by atoms with Crippen LogP contribution >= 0.6 is 36.7 Å². The van der Waals surface area contributed by atoms with Crippen LogP contribution in [0.5, 0.6) is 0 Å². The molecule has 6 nitrogen and oxygen atoms in total. The van der Waals surface area contributed by atoms with Crippen molar-refractivity contribution in [1.82, 2.24) is 0 Å². The first-order chi connectivity index (χ1) is 9.20. The highest BCUT2D eigenvalue weighted by molar-refractivity contribution is 7.80. The van der Waals surface area contributed by atoms with Gasteiger partial charge in [0, 0.05) is 0 Å². The van der Waals surface area contributed by atoms with Crippen LogP contribution in [0, 0.1) is 0 Å². The molecular weight excluding hydrogens is 312 g/mol. The maximum atomic E-state index is 4.62. The fourth-order valence-electron chi connectivity index (χ4n) is 0.856. The van der Waals surface area contributed by atoms with Crippen molar-refractivity contribution in [3.05, 3.63) is 24.3 Å². The average Bonchev–Trinajstić information content (AvgIpc) is 2.12. The van der Waals surface area contributed by atoms with E-state index in [2.05, 4.69) is 95.4 Å². The van der Waals surface area contributed by atoms with Gasteiger partial charge in [-0.1, -0.05) is 24.3 Å². The van der Waals surface area contributed by atoms with Gasteiger partial charge in [0.2, 0.25) is 0 Å². The molecule has 0 bridgehead atoms. The lowest BCUT2D eigenvalue weighted by atomic mass is 10.1. The maximum absolute atomic E-state index is 4.62. The summed E-state index contributed by atoms with van der Waals surface area (Å²) in [5.41, 5.74) is 27.7. The second-order valence-electron chi connectivity index (χ2n) is 3.30. The van der Waals surface area contributed by atoms with E-state index in [4.69, 9.17) is 0 Å². The van der Waals surface area contributed by atoms with E-state index in [9.17, 15) is 0 Å². The zero-order valence-electron chi connectivity index (χ0n) is 11.3. The first-order valence-corrected chi connectivity index (χ1v) is 6.87. The Morgan fingerprint density at radius 3 is 0.700 bits per heavy atom. The highest BCUT2D eigenvalue weighted by Gasteiger charge is 1.81. The number of hydrogen-bond donors (Lipinski definition) is 6. The predicted molar refractivity (Wildman–Crippen MR) is 99.7 cm³/mol. The number of nitrogens with two attached hydrogens (primary N) is 6. The molecule has 9 heteroatoms. The Balaban J connectivity index is -0.000000209. The Kier molecular flexibility index (Phi) is 23.5. The highest BCUT2D eigenvalue weighted by Crippen LogP contribution is 2.02. The van der Waals surface area contributed by atoms with Crippen LogP contribution in [0.1, 0.15) is 25.7 Å². The Hall–Kier alpha value is -1.45. The van der Waals surface area contributed by atoms with Crippen LogP contribution in [0.4, 0.5) is 0 Å². The Bertz CT molecular complexity index is 262. The molecule has 116 valence electrons. The molecule has 0 aromatic rings. The summed E-state index contributed by atoms with van der Waals surface area (Å²) in [4.78, 5) is 0. The van der Waals surface area contributed by atoms with E-state index in [0.717, 1.165) is 0 Å². The van der Waals surface area contributed by atoms with Gasteiger partial charge >= 0.3 is 0 Å². The molecule has 0 unspecified atom stereocenters. The summed E-state index contributed by atoms with van der Waals surface area (Å²) in [7, 11) is 0. The van der Waals surface area contributed by atoms with Crippen LogP contribution in [0.15, 0.2) is 24.3 Å². The predicted octanol–water partition coefficient (Wildman–Crippen LogP) is 0.239. The molecule has 1 aliphatic carbocycles. The van der Waals surface area contributed by atoms with Crippen molar-refractivity contribution in [3.8, 4) is 0 Å². The maximum Gasteiger partial charge on any atom is 0.160 e. The Morgan fingerprint density at radius 1 is 0.500 bits per heavy atom. The van der Waals surface area contributed by atoms with Gasteiger partial charge in [-0.05, 0) is 62.3 Å². The number of hydrogen-bond acceptors (Lipinski definition) is 3. The van der Waals surface area contributed by atoms with Gasteiger partial charge in [-0.15, -0.1) is 0 Å². The van der Waals surface area contributed by atoms with Crippen molar-refractivity contribution in [2.24, 2.45) is 34.4 Å². The van der Waals surface area contributed by atoms with Crippen LogP contribution < -0.4 is 34.4 Å². The SMILES string of the molecule is C1=C\CC/C=C\CC/1.NC(N)=S.NC(N)=S.NC(N)=S. The minimum absolute atomic E-state index is 0.000000000000000222. The molecule has 0 saturated carbocycles. The zero-order chi connectivity index (χ0) is 16.4. The molecule has 1 rings (SSSR count). The smallest absolute Gasteiger partial charge is 0.160 e. The average molecular weight is 337 g/mol. The highest BCUT2D eigenvalue weighted by atomic mass is 32.1. The fraction of sp³-hybridized carbons (Fsp3) is 0.364. The number of thiocarbonyl (C=S) groups is 3. The molecule has 0 aromatic carbocycles. The van der Waals surface area contributed by atoms with Gasteiger partial charge in [0.1, 0.15) is 0 Å². The van der Waals surface area contributed by atoms with E-state index in [1.807, 2.05) is 0 Å². The van der Waals surface area contributed by atoms with Gasteiger partial charge in [-0.2, -0.15) is 0 Å². The summed E-state index contributed by atoms with van der Waals surface area (Å²) in [5.74, 6) is 0. The van der Waals surface area contributed by atoms with Crippen LogP contribution in [0.2, 0.25) is 0 Å². The topological polar surface area (TPSA) is 156 Å². The zero-order valence-corrected chi connectivity index (χ0v) is 13.8. The third-order valence-electron chi connectivity index (χ3n) is 1.33. The van der Waals surface area contributed by atoms with Crippen LogP contribution in [0.25, 0.3) is 0 Å². The first kappa shape index (κ1) is 23.6. The standard InChI is InChI=1S/C8H12.3CH4N2S/c1-2-4-6-8-7-5-3-1;3*2-1(3)4/h1-2,7-8H,3-6H2;3*(H4,2,3,4)/b2-1-,8-7-;;;. The van der Waals surface area contributed by atoms with E-state index >= 15 is 0 Å². The van der Waals surface area contributed by atoms with Crippen LogP contribution in [0.3, 0.4) is 0 Å². The molecule has 0 amide bonds. The largest absolute Gasteiger partial charge is 0.377 e. The van der Waals surface area contributed by atoms with Crippen molar-refractivity contribution in [2.75, 3.05) is 0 Å². The summed E-state index contributed by atoms with van der Waals surface area (Å²) < 4.78 is 0. The van der Waals surface area contributed by atoms with Crippen molar-refractivity contribution >= 4 is 52.0 Å². The molecule has 0 radical (unpaired) electrons. The van der Waals surface area contributed by atoms with E-state index in [-0.39, 0.29) is 15.3 Å². The molecule has 0 spiro atoms. The van der Waals surface area contributed by atoms with Gasteiger partial charge in [0.25, 0.3) is 0 Å². The van der Waals surface area contributed by atoms with Crippen molar-refractivity contribution in [2.45, 2.75) is 25.7 Å². The minimum atomic E-state index is 0.000000000000000222. The number of allylic oxidation sites excluding steroid dienone is 4. The molecule has 0 aliphatic heterocycles. The van der Waals surface area contributed by atoms with Crippen LogP contribution in [-0.2, 0) is 0 Å². The van der Waals surface area contributed by atoms with E-state index in [1.54, 1.807) is 0 Å². The molecule has 20 heavy (non-hydrogen) atoms. The Labute approximate surface area is 136 Å². The third kappa shape index (κ3) is 93.3. The Morgan fingerprint density at radius 2 is 0.600 bits per heavy atom. The lowest BCUT2D eigenvalue weighted by molar-refractivity contribution is 0.962. The second-order valence-corrected chi connectivity index (χ2v) is 4.72. The molecule has 0 atom stereocenters. The van der Waals surface area contributed by atoms with Gasteiger partial charge in [0.15, 0.2) is 15.3 Å². The molecule has 0 aromatic heterocycles. The summed E-state index contributed by atoms with van der Waals surface area (Å²) in [5, 5.41) is 0.000000000000000666. The monoisotopic (exact) mass is 336 g/mol. The second kappa shape index (κ2) is 19.9. The number of rotatable bonds is 0. The normalized spacial score (nSPS) is 14.8. The summed E-state index contributed by atoms with van der Waals surface area (Å²) >= 11 is 12.3. The molecule has 0 saturated heterocycles. The van der Waals surface area contributed by atoms with Gasteiger partial charge in [0.05, 0.1) is 0 Å². The summed E-state index contributed by atoms with van der Waals surface area (Å²) in [6, 6.07) is 0. The summed E-state index contributed by atoms with van der Waals surface area (Å²) in [6.45, 7) is 0. The van der Waals surface area contributed by atoms with Crippen molar-refractivity contribution in [3.63, 3.8) is 0 Å². The van der Waals surface area contributed by atoms with E-state index < -0.39 is 0 Å². The third-order valence-corrected chi connectivity index (χ3v) is 1.33. The van der Waals surface area contributed by atoms with Crippen molar-refractivity contribution < 1.29 is 0 Å². The van der Waals surface area contributed by atoms with E-state index in [0.29, 0.717) is 0 Å². The first-order valence-electron chi connectivity index (χ1n) is 5.64. The van der Waals surface area contributed by atoms with E-state index in [1.165, 1.54) is 25.7 Å². The fourth-order valence-corrected chi connectivity index (χ4v) is 0.856.